The number of furan rings is 1. The van der Waals surface area contributed by atoms with E-state index in [1.165, 1.54) is 0 Å². The summed E-state index contributed by atoms with van der Waals surface area (Å²) in [5.74, 6) is -0.131. The molecule has 1 saturated carbocycles. The molecule has 1 fully saturated rings. The Hall–Kier alpha value is -1.76. The smallest absolute Gasteiger partial charge is 0.240 e. The number of hydrogen-bond acceptors (Lipinski definition) is 3. The van der Waals surface area contributed by atoms with Crippen molar-refractivity contribution in [3.63, 3.8) is 0 Å². The van der Waals surface area contributed by atoms with E-state index >= 15 is 0 Å². The third kappa shape index (κ3) is 2.73. The first-order valence-corrected chi connectivity index (χ1v) is 6.47. The van der Waals surface area contributed by atoms with Gasteiger partial charge in [0, 0.05) is 12.1 Å². The van der Waals surface area contributed by atoms with Gasteiger partial charge in [-0.15, -0.1) is 0 Å². The number of carbonyl (C=O) groups is 1. The minimum Gasteiger partial charge on any atom is -0.472 e. The quantitative estimate of drug-likeness (QED) is 0.834. The van der Waals surface area contributed by atoms with Crippen LogP contribution in [0, 0.1) is 16.7 Å². The fourth-order valence-corrected chi connectivity index (χ4v) is 2.47. The topological polar surface area (TPSA) is 66.0 Å². The van der Waals surface area contributed by atoms with Gasteiger partial charge in [-0.1, -0.05) is 25.7 Å². The summed E-state index contributed by atoms with van der Waals surface area (Å²) in [6.45, 7) is 0.429. The molecule has 4 heteroatoms. The van der Waals surface area contributed by atoms with Crippen molar-refractivity contribution in [3.8, 4) is 6.07 Å². The molecule has 2 rings (SSSR count). The van der Waals surface area contributed by atoms with Gasteiger partial charge in [0.1, 0.15) is 5.41 Å². The molecule has 0 saturated heterocycles. The van der Waals surface area contributed by atoms with Gasteiger partial charge in [0.15, 0.2) is 0 Å². The average Bonchev–Trinajstić information content (AvgIpc) is 2.79. The van der Waals surface area contributed by atoms with Gasteiger partial charge in [0.05, 0.1) is 18.6 Å². The van der Waals surface area contributed by atoms with Crippen LogP contribution in [0.4, 0.5) is 0 Å². The maximum absolute atomic E-state index is 12.2. The molecule has 1 aromatic rings. The van der Waals surface area contributed by atoms with E-state index in [0.717, 1.165) is 31.2 Å². The first-order chi connectivity index (χ1) is 8.77. The van der Waals surface area contributed by atoms with Gasteiger partial charge >= 0.3 is 0 Å². The summed E-state index contributed by atoms with van der Waals surface area (Å²) in [5, 5.41) is 12.2. The van der Waals surface area contributed by atoms with Crippen LogP contribution in [0.2, 0.25) is 0 Å². The summed E-state index contributed by atoms with van der Waals surface area (Å²) in [7, 11) is 0. The van der Waals surface area contributed by atoms with Crippen LogP contribution in [0.25, 0.3) is 0 Å². The van der Waals surface area contributed by atoms with Crippen molar-refractivity contribution in [2.75, 3.05) is 0 Å². The Balaban J connectivity index is 1.98. The number of hydrogen-bond donors (Lipinski definition) is 1. The van der Waals surface area contributed by atoms with Crippen molar-refractivity contribution in [1.82, 2.24) is 5.32 Å². The number of nitrogens with zero attached hydrogens (tertiary/aromatic N) is 1. The Bertz CT molecular complexity index is 423. The van der Waals surface area contributed by atoms with Gasteiger partial charge in [-0.3, -0.25) is 4.79 Å². The second-order valence-electron chi connectivity index (χ2n) is 4.92. The van der Waals surface area contributed by atoms with Crippen LogP contribution in [0.1, 0.15) is 44.1 Å². The van der Waals surface area contributed by atoms with Crippen molar-refractivity contribution in [1.29, 1.82) is 5.26 Å². The number of nitrogens with one attached hydrogen (secondary N) is 1. The molecule has 0 radical (unpaired) electrons. The molecule has 96 valence electrons. The fraction of sp³-hybridized carbons (Fsp3) is 0.571. The second kappa shape index (κ2) is 5.72. The minimum absolute atomic E-state index is 0.131. The fourth-order valence-electron chi connectivity index (χ4n) is 2.47. The van der Waals surface area contributed by atoms with Crippen molar-refractivity contribution < 1.29 is 9.21 Å². The molecule has 4 nitrogen and oxygen atoms in total. The SMILES string of the molecule is N#CC1(C(=O)NCc2ccoc2)CCCCCC1. The molecule has 18 heavy (non-hydrogen) atoms. The van der Waals surface area contributed by atoms with E-state index in [-0.39, 0.29) is 5.91 Å². The molecule has 0 atom stereocenters. The third-order valence-corrected chi connectivity index (χ3v) is 3.64. The standard InChI is InChI=1S/C14H18N2O2/c15-11-14(6-3-1-2-4-7-14)13(17)16-9-12-5-8-18-10-12/h5,8,10H,1-4,6-7,9H2,(H,16,17). The van der Waals surface area contributed by atoms with Gasteiger partial charge in [0.25, 0.3) is 0 Å². The lowest BCUT2D eigenvalue weighted by molar-refractivity contribution is -0.129. The van der Waals surface area contributed by atoms with E-state index in [9.17, 15) is 10.1 Å². The molecular formula is C14H18N2O2. The lowest BCUT2D eigenvalue weighted by Gasteiger charge is -2.23. The normalized spacial score (nSPS) is 18.6. The summed E-state index contributed by atoms with van der Waals surface area (Å²) < 4.78 is 4.95. The van der Waals surface area contributed by atoms with Crippen molar-refractivity contribution in [2.45, 2.75) is 45.1 Å². The third-order valence-electron chi connectivity index (χ3n) is 3.64. The van der Waals surface area contributed by atoms with Crippen LogP contribution in [0.5, 0.6) is 0 Å². The molecular weight excluding hydrogens is 228 g/mol. The molecule has 0 bridgehead atoms. The highest BCUT2D eigenvalue weighted by molar-refractivity contribution is 5.85. The molecule has 0 spiro atoms. The van der Waals surface area contributed by atoms with Crippen molar-refractivity contribution in [2.24, 2.45) is 5.41 Å². The van der Waals surface area contributed by atoms with Crippen LogP contribution in [-0.2, 0) is 11.3 Å². The number of carbonyl (C=O) groups excluding carboxylic acids is 1. The Morgan fingerprint density at radius 1 is 1.39 bits per heavy atom. The average molecular weight is 246 g/mol. The van der Waals surface area contributed by atoms with Gasteiger partial charge in [-0.25, -0.2) is 0 Å². The van der Waals surface area contributed by atoms with Gasteiger partial charge in [-0.2, -0.15) is 5.26 Å². The molecule has 1 aromatic heterocycles. The monoisotopic (exact) mass is 246 g/mol. The Morgan fingerprint density at radius 2 is 2.11 bits per heavy atom. The van der Waals surface area contributed by atoms with E-state index in [2.05, 4.69) is 11.4 Å². The summed E-state index contributed by atoms with van der Waals surface area (Å²) in [6.07, 6.45) is 8.72. The number of nitriles is 1. The maximum atomic E-state index is 12.2. The summed E-state index contributed by atoms with van der Waals surface area (Å²) in [5.41, 5.74) is 0.102. The highest BCUT2D eigenvalue weighted by Gasteiger charge is 2.38. The minimum atomic E-state index is -0.819. The molecule has 1 aliphatic rings. The van der Waals surface area contributed by atoms with Crippen molar-refractivity contribution >= 4 is 5.91 Å². The van der Waals surface area contributed by atoms with Crippen molar-refractivity contribution in [3.05, 3.63) is 24.2 Å². The van der Waals surface area contributed by atoms with Crippen LogP contribution in [0.3, 0.4) is 0 Å². The lowest BCUT2D eigenvalue weighted by Crippen LogP contribution is -2.39. The summed E-state index contributed by atoms with van der Waals surface area (Å²) in [6, 6.07) is 4.06. The Morgan fingerprint density at radius 3 is 2.67 bits per heavy atom. The Labute approximate surface area is 107 Å². The highest BCUT2D eigenvalue weighted by Crippen LogP contribution is 2.34. The van der Waals surface area contributed by atoms with Crippen LogP contribution in [-0.4, -0.2) is 5.91 Å². The predicted octanol–water partition coefficient (Wildman–Crippen LogP) is 2.76. The van der Waals surface area contributed by atoms with E-state index < -0.39 is 5.41 Å². The maximum Gasteiger partial charge on any atom is 0.240 e. The van der Waals surface area contributed by atoms with Gasteiger partial charge < -0.3 is 9.73 Å². The zero-order chi connectivity index (χ0) is 12.8. The summed E-state index contributed by atoms with van der Waals surface area (Å²) >= 11 is 0. The van der Waals surface area contributed by atoms with Crippen LogP contribution < -0.4 is 5.32 Å². The van der Waals surface area contributed by atoms with E-state index in [1.54, 1.807) is 12.5 Å². The molecule has 1 amide bonds. The predicted molar refractivity (Wildman–Crippen MR) is 66.3 cm³/mol. The zero-order valence-electron chi connectivity index (χ0n) is 10.4. The largest absolute Gasteiger partial charge is 0.472 e. The molecule has 1 heterocycles. The lowest BCUT2D eigenvalue weighted by atomic mass is 9.81. The van der Waals surface area contributed by atoms with Crippen LogP contribution in [0.15, 0.2) is 23.0 Å². The van der Waals surface area contributed by atoms with E-state index in [4.69, 9.17) is 4.42 Å². The van der Waals surface area contributed by atoms with Crippen LogP contribution >= 0.6 is 0 Å². The van der Waals surface area contributed by atoms with E-state index in [1.807, 2.05) is 6.07 Å². The first-order valence-electron chi connectivity index (χ1n) is 6.47. The Kier molecular flexibility index (Phi) is 4.03. The molecule has 0 unspecified atom stereocenters. The molecule has 1 aliphatic carbocycles. The van der Waals surface area contributed by atoms with E-state index in [0.29, 0.717) is 19.4 Å². The first kappa shape index (κ1) is 12.7. The highest BCUT2D eigenvalue weighted by atomic mass is 16.3. The van der Waals surface area contributed by atoms with Gasteiger partial charge in [0.2, 0.25) is 5.91 Å². The number of amides is 1. The molecule has 0 aliphatic heterocycles. The molecule has 0 aromatic carbocycles. The summed E-state index contributed by atoms with van der Waals surface area (Å²) in [4.78, 5) is 12.2. The van der Waals surface area contributed by atoms with Gasteiger partial charge in [-0.05, 0) is 18.9 Å². The zero-order valence-corrected chi connectivity index (χ0v) is 10.4. The molecule has 1 N–H and O–H groups in total. The number of rotatable bonds is 3. The second-order valence-corrected chi connectivity index (χ2v) is 4.92.